The van der Waals surface area contributed by atoms with Gasteiger partial charge in [-0.1, -0.05) is 12.2 Å². The fourth-order valence-electron chi connectivity index (χ4n) is 4.74. The van der Waals surface area contributed by atoms with Gasteiger partial charge in [-0.2, -0.15) is 9.50 Å². The van der Waals surface area contributed by atoms with Gasteiger partial charge in [0.15, 0.2) is 0 Å². The Morgan fingerprint density at radius 1 is 1.38 bits per heavy atom. The van der Waals surface area contributed by atoms with Gasteiger partial charge in [-0.25, -0.2) is 4.98 Å². The number of H-pyrrole nitrogens is 1. The number of hydrogen-bond donors (Lipinski definition) is 3. The molecule has 5 heterocycles. The SMILES string of the molecule is Cc1nc2nc(C)c(NC(=O)[C@H]3[C@@H]4C=C[C@@]5(CN(C(C)C)C(=O)[C@@H]35)O4)c(=O)n2[nH]1.O=CO. The van der Waals surface area contributed by atoms with E-state index < -0.39 is 35.0 Å². The van der Waals surface area contributed by atoms with Crippen LogP contribution in [0.1, 0.15) is 25.4 Å². The Balaban J connectivity index is 0.000000775. The highest BCUT2D eigenvalue weighted by Crippen LogP contribution is 2.52. The second-order valence-electron chi connectivity index (χ2n) is 8.38. The highest BCUT2D eigenvalue weighted by atomic mass is 16.5. The molecular weight excluding hydrogens is 420 g/mol. The van der Waals surface area contributed by atoms with E-state index in [2.05, 4.69) is 20.4 Å². The number of fused-ring (bicyclic) bond motifs is 2. The molecule has 0 saturated carbocycles. The summed E-state index contributed by atoms with van der Waals surface area (Å²) in [5, 5.41) is 12.4. The van der Waals surface area contributed by atoms with Gasteiger partial charge in [0.05, 0.1) is 30.2 Å². The molecule has 12 heteroatoms. The van der Waals surface area contributed by atoms with Gasteiger partial charge >= 0.3 is 0 Å². The van der Waals surface area contributed by atoms with E-state index in [1.165, 1.54) is 4.52 Å². The minimum Gasteiger partial charge on any atom is -0.483 e. The Hall–Kier alpha value is -3.54. The number of hydrogen-bond acceptors (Lipinski definition) is 7. The number of nitrogens with zero attached hydrogens (tertiary/aromatic N) is 4. The lowest BCUT2D eigenvalue weighted by Crippen LogP contribution is -2.42. The molecule has 1 spiro atoms. The van der Waals surface area contributed by atoms with Crippen molar-refractivity contribution in [3.8, 4) is 0 Å². The summed E-state index contributed by atoms with van der Waals surface area (Å²) >= 11 is 0. The summed E-state index contributed by atoms with van der Waals surface area (Å²) in [4.78, 5) is 57.6. The van der Waals surface area contributed by atoms with Crippen molar-refractivity contribution in [2.75, 3.05) is 11.9 Å². The average molecular weight is 444 g/mol. The molecule has 3 aliphatic heterocycles. The van der Waals surface area contributed by atoms with Crippen LogP contribution >= 0.6 is 0 Å². The molecule has 5 rings (SSSR count). The normalized spacial score (nSPS) is 27.6. The van der Waals surface area contributed by atoms with Crippen molar-refractivity contribution in [1.29, 1.82) is 0 Å². The van der Waals surface area contributed by atoms with E-state index in [9.17, 15) is 14.4 Å². The van der Waals surface area contributed by atoms with E-state index in [1.807, 2.05) is 26.0 Å². The number of aromatic amines is 1. The molecule has 4 atom stereocenters. The molecule has 12 nitrogen and oxygen atoms in total. The average Bonchev–Trinajstić information content (AvgIpc) is 3.45. The maximum Gasteiger partial charge on any atom is 0.298 e. The van der Waals surface area contributed by atoms with Gasteiger partial charge in [-0.3, -0.25) is 24.3 Å². The number of aromatic nitrogens is 4. The van der Waals surface area contributed by atoms with Crippen LogP contribution in [0, 0.1) is 25.7 Å². The fourth-order valence-corrected chi connectivity index (χ4v) is 4.74. The van der Waals surface area contributed by atoms with E-state index >= 15 is 0 Å². The highest BCUT2D eigenvalue weighted by molar-refractivity contribution is 5.99. The maximum absolute atomic E-state index is 13.2. The van der Waals surface area contributed by atoms with E-state index in [-0.39, 0.29) is 29.9 Å². The van der Waals surface area contributed by atoms with Gasteiger partial charge in [0.25, 0.3) is 17.8 Å². The van der Waals surface area contributed by atoms with Crippen LogP contribution in [-0.2, 0) is 19.1 Å². The zero-order valence-corrected chi connectivity index (χ0v) is 18.0. The standard InChI is InChI=1S/C19H22N6O4.CH2O2/c1-8(2)24-7-19-6-5-11(29-19)12(13(19)16(24)27)15(26)22-14-9(3)20-18-21-10(4)23-25(18)17(14)28;2-1-3/h5-6,8,11-13H,7H2,1-4H3,(H,22,26)(H,20,21,23);1H,(H,2,3)/t11-,12-,13+,19-;/m0./s1. The minimum atomic E-state index is -0.763. The van der Waals surface area contributed by atoms with Crippen LogP contribution in [0.5, 0.6) is 0 Å². The molecule has 2 aromatic rings. The Kier molecular flexibility index (Phi) is 5.12. The maximum atomic E-state index is 13.2. The summed E-state index contributed by atoms with van der Waals surface area (Å²) in [6.45, 7) is 7.43. The molecule has 170 valence electrons. The summed E-state index contributed by atoms with van der Waals surface area (Å²) in [6, 6.07) is 0.0179. The zero-order chi connectivity index (χ0) is 23.4. The molecule has 2 bridgehead atoms. The number of anilines is 1. The first-order chi connectivity index (χ1) is 15.1. The number of nitrogens with one attached hydrogen (secondary N) is 2. The minimum absolute atomic E-state index is 0.0179. The number of rotatable bonds is 3. The lowest BCUT2D eigenvalue weighted by Gasteiger charge is -2.24. The first kappa shape index (κ1) is 21.7. The monoisotopic (exact) mass is 444 g/mol. The molecule has 0 aliphatic carbocycles. The van der Waals surface area contributed by atoms with Crippen LogP contribution < -0.4 is 10.9 Å². The van der Waals surface area contributed by atoms with E-state index in [0.29, 0.717) is 18.1 Å². The molecule has 3 N–H and O–H groups in total. The lowest BCUT2D eigenvalue weighted by atomic mass is 9.76. The number of carboxylic acid groups (broad SMARTS) is 1. The Labute approximate surface area is 182 Å². The summed E-state index contributed by atoms with van der Waals surface area (Å²) in [5.41, 5.74) is -0.771. The van der Waals surface area contributed by atoms with Gasteiger partial charge in [0, 0.05) is 6.04 Å². The van der Waals surface area contributed by atoms with Crippen molar-refractivity contribution in [3.63, 3.8) is 0 Å². The number of carbonyl (C=O) groups is 3. The van der Waals surface area contributed by atoms with Crippen molar-refractivity contribution in [3.05, 3.63) is 34.0 Å². The molecule has 32 heavy (non-hydrogen) atoms. The highest BCUT2D eigenvalue weighted by Gasteiger charge is 2.67. The second-order valence-corrected chi connectivity index (χ2v) is 8.38. The first-order valence-electron chi connectivity index (χ1n) is 10.2. The topological polar surface area (TPSA) is 159 Å². The van der Waals surface area contributed by atoms with Crippen molar-refractivity contribution < 1.29 is 24.2 Å². The van der Waals surface area contributed by atoms with Crippen molar-refractivity contribution in [1.82, 2.24) is 24.5 Å². The smallest absolute Gasteiger partial charge is 0.298 e. The van der Waals surface area contributed by atoms with Crippen LogP contribution in [0.15, 0.2) is 16.9 Å². The number of aryl methyl sites for hydroxylation is 2. The number of ether oxygens (including phenoxy) is 1. The Morgan fingerprint density at radius 3 is 2.72 bits per heavy atom. The van der Waals surface area contributed by atoms with E-state index in [0.717, 1.165) is 0 Å². The van der Waals surface area contributed by atoms with Gasteiger partial charge in [-0.15, -0.1) is 0 Å². The van der Waals surface area contributed by atoms with Crippen molar-refractivity contribution in [2.45, 2.75) is 45.4 Å². The second kappa shape index (κ2) is 7.55. The quantitative estimate of drug-likeness (QED) is 0.436. The fraction of sp³-hybridized carbons (Fsp3) is 0.500. The molecule has 0 aromatic carbocycles. The third-order valence-electron chi connectivity index (χ3n) is 6.09. The van der Waals surface area contributed by atoms with Crippen molar-refractivity contribution in [2.24, 2.45) is 11.8 Å². The summed E-state index contributed by atoms with van der Waals surface area (Å²) < 4.78 is 7.28. The Bertz CT molecular complexity index is 1200. The number of likely N-dealkylation sites (tertiary alicyclic amines) is 1. The lowest BCUT2D eigenvalue weighted by molar-refractivity contribution is -0.137. The van der Waals surface area contributed by atoms with Gasteiger partial charge in [-0.05, 0) is 27.7 Å². The predicted octanol–water partition coefficient (Wildman–Crippen LogP) is -0.136. The van der Waals surface area contributed by atoms with E-state index in [4.69, 9.17) is 14.6 Å². The molecule has 2 amide bonds. The predicted molar refractivity (Wildman–Crippen MR) is 111 cm³/mol. The number of amides is 2. The molecule has 2 saturated heterocycles. The van der Waals surface area contributed by atoms with Crippen LogP contribution in [-0.4, -0.2) is 72.2 Å². The summed E-state index contributed by atoms with van der Waals surface area (Å²) in [6.07, 6.45) is 3.28. The largest absolute Gasteiger partial charge is 0.483 e. The van der Waals surface area contributed by atoms with Gasteiger partial charge < -0.3 is 20.1 Å². The summed E-state index contributed by atoms with van der Waals surface area (Å²) in [5.74, 6) is -1.00. The van der Waals surface area contributed by atoms with E-state index in [1.54, 1.807) is 18.7 Å². The van der Waals surface area contributed by atoms with Crippen LogP contribution in [0.4, 0.5) is 5.69 Å². The number of carbonyl (C=O) groups excluding carboxylic acids is 2. The third-order valence-corrected chi connectivity index (χ3v) is 6.09. The summed E-state index contributed by atoms with van der Waals surface area (Å²) in [7, 11) is 0. The van der Waals surface area contributed by atoms with Gasteiger partial charge in [0.1, 0.15) is 17.1 Å². The molecule has 0 radical (unpaired) electrons. The zero-order valence-electron chi connectivity index (χ0n) is 18.0. The van der Waals surface area contributed by atoms with Gasteiger partial charge in [0.2, 0.25) is 11.8 Å². The van der Waals surface area contributed by atoms with Crippen molar-refractivity contribution >= 4 is 29.8 Å². The molecule has 3 aliphatic rings. The molecule has 2 fully saturated rings. The van der Waals surface area contributed by atoms with Crippen LogP contribution in [0.25, 0.3) is 5.78 Å². The Morgan fingerprint density at radius 2 is 2.06 bits per heavy atom. The first-order valence-corrected chi connectivity index (χ1v) is 10.2. The third kappa shape index (κ3) is 3.09. The van der Waals surface area contributed by atoms with Crippen LogP contribution in [0.2, 0.25) is 0 Å². The van der Waals surface area contributed by atoms with Crippen LogP contribution in [0.3, 0.4) is 0 Å². The molecule has 2 aromatic heterocycles. The molecule has 0 unspecified atom stereocenters. The molecular formula is C20H24N6O6.